The normalized spacial score (nSPS) is 8.81. The van der Waals surface area contributed by atoms with Crippen LogP contribution in [0, 0.1) is 0 Å². The summed E-state index contributed by atoms with van der Waals surface area (Å²) in [6.45, 7) is 7.83. The molecular formula is C13H21NO7. The summed E-state index contributed by atoms with van der Waals surface area (Å²) in [5, 5.41) is 2.16. The van der Waals surface area contributed by atoms with Crippen LogP contribution in [0.3, 0.4) is 0 Å². The van der Waals surface area contributed by atoms with Crippen LogP contribution < -0.4 is 5.32 Å². The van der Waals surface area contributed by atoms with Gasteiger partial charge in [-0.2, -0.15) is 0 Å². The average molecular weight is 303 g/mol. The lowest BCUT2D eigenvalue weighted by Gasteiger charge is -2.14. The maximum atomic E-state index is 11.3. The van der Waals surface area contributed by atoms with Gasteiger partial charge in [0.2, 0.25) is 11.9 Å². The maximum Gasteiger partial charge on any atom is 0.340 e. The Kier molecular flexibility index (Phi) is 12.6. The van der Waals surface area contributed by atoms with Crippen LogP contribution in [0.5, 0.6) is 0 Å². The van der Waals surface area contributed by atoms with E-state index in [2.05, 4.69) is 26.1 Å². The van der Waals surface area contributed by atoms with Gasteiger partial charge in [-0.05, 0) is 13.8 Å². The first-order valence-corrected chi connectivity index (χ1v) is 6.14. The van der Waals surface area contributed by atoms with E-state index in [0.29, 0.717) is 0 Å². The van der Waals surface area contributed by atoms with E-state index in [-0.39, 0.29) is 13.2 Å². The first-order valence-electron chi connectivity index (χ1n) is 6.14. The molecule has 0 unspecified atom stereocenters. The number of methoxy groups -OCH3 is 1. The highest BCUT2D eigenvalue weighted by molar-refractivity contribution is 6.02. The molecule has 0 radical (unpaired) electrons. The highest BCUT2D eigenvalue weighted by Gasteiger charge is 2.30. The van der Waals surface area contributed by atoms with Crippen molar-refractivity contribution in [1.82, 2.24) is 5.32 Å². The number of hydrogen-bond acceptors (Lipinski definition) is 7. The molecule has 0 aromatic heterocycles. The molecule has 0 aliphatic carbocycles. The Morgan fingerprint density at radius 2 is 1.52 bits per heavy atom. The Labute approximate surface area is 123 Å². The first-order chi connectivity index (χ1) is 9.83. The van der Waals surface area contributed by atoms with Crippen LogP contribution in [0.4, 0.5) is 0 Å². The topological polar surface area (TPSA) is 108 Å². The van der Waals surface area contributed by atoms with Crippen molar-refractivity contribution in [2.75, 3.05) is 20.3 Å². The summed E-state index contributed by atoms with van der Waals surface area (Å²) < 4.78 is 13.4. The molecule has 1 amide bonds. The minimum Gasteiger partial charge on any atom is -0.466 e. The summed E-state index contributed by atoms with van der Waals surface area (Å²) in [6.07, 6.45) is 1.11. The van der Waals surface area contributed by atoms with Gasteiger partial charge < -0.3 is 19.5 Å². The average Bonchev–Trinajstić information content (AvgIpc) is 2.44. The zero-order chi connectivity index (χ0) is 16.8. The third-order valence-corrected chi connectivity index (χ3v) is 1.76. The molecule has 0 rings (SSSR count). The Morgan fingerprint density at radius 1 is 1.10 bits per heavy atom. The van der Waals surface area contributed by atoms with E-state index in [1.807, 2.05) is 0 Å². The molecule has 0 aliphatic heterocycles. The number of rotatable bonds is 6. The Balaban J connectivity index is 0. The van der Waals surface area contributed by atoms with E-state index in [1.165, 1.54) is 14.0 Å². The highest BCUT2D eigenvalue weighted by Crippen LogP contribution is 1.94. The number of ether oxygens (including phenoxy) is 3. The van der Waals surface area contributed by atoms with Gasteiger partial charge in [0.05, 0.1) is 20.3 Å². The standard InChI is InChI=1S/C9H15NO5.C4H6O2/c1-4-14-8(12)7(10-6(3)11)9(13)15-5-2;1-3-4(5)6-2/h7H,4-5H2,1-3H3,(H,10,11);3H,1H2,2H3. The fourth-order valence-corrected chi connectivity index (χ4v) is 0.952. The van der Waals surface area contributed by atoms with E-state index in [4.69, 9.17) is 0 Å². The molecule has 8 heteroatoms. The van der Waals surface area contributed by atoms with Crippen molar-refractivity contribution in [2.45, 2.75) is 26.8 Å². The highest BCUT2D eigenvalue weighted by atomic mass is 16.6. The van der Waals surface area contributed by atoms with Crippen LogP contribution in [0.25, 0.3) is 0 Å². The molecule has 8 nitrogen and oxygen atoms in total. The minimum atomic E-state index is -1.37. The third kappa shape index (κ3) is 11.2. The monoisotopic (exact) mass is 303 g/mol. The molecule has 0 spiro atoms. The van der Waals surface area contributed by atoms with E-state index < -0.39 is 29.9 Å². The zero-order valence-electron chi connectivity index (χ0n) is 12.6. The van der Waals surface area contributed by atoms with Crippen LogP contribution in [0.2, 0.25) is 0 Å². The summed E-state index contributed by atoms with van der Waals surface area (Å²) >= 11 is 0. The van der Waals surface area contributed by atoms with Crippen molar-refractivity contribution in [1.29, 1.82) is 0 Å². The van der Waals surface area contributed by atoms with Crippen molar-refractivity contribution in [3.63, 3.8) is 0 Å². The van der Waals surface area contributed by atoms with Gasteiger partial charge in [-0.3, -0.25) is 4.79 Å². The lowest BCUT2D eigenvalue weighted by Crippen LogP contribution is -2.47. The second-order valence-corrected chi connectivity index (χ2v) is 3.36. The Morgan fingerprint density at radius 3 is 1.71 bits per heavy atom. The van der Waals surface area contributed by atoms with Crippen molar-refractivity contribution in [3.8, 4) is 0 Å². The summed E-state index contributed by atoms with van der Waals surface area (Å²) in [5.41, 5.74) is 0. The van der Waals surface area contributed by atoms with Crippen LogP contribution in [-0.2, 0) is 33.4 Å². The van der Waals surface area contributed by atoms with Gasteiger partial charge in [0, 0.05) is 13.0 Å². The van der Waals surface area contributed by atoms with Gasteiger partial charge in [-0.1, -0.05) is 6.58 Å². The predicted octanol–water partition coefficient (Wildman–Crippen LogP) is -0.0373. The van der Waals surface area contributed by atoms with E-state index in [0.717, 1.165) is 6.08 Å². The van der Waals surface area contributed by atoms with Crippen molar-refractivity contribution >= 4 is 23.8 Å². The molecule has 0 aliphatic rings. The second-order valence-electron chi connectivity index (χ2n) is 3.36. The SMILES string of the molecule is C=CC(=O)OC.CCOC(=O)C(NC(C)=O)C(=O)OCC. The predicted molar refractivity (Wildman–Crippen MR) is 73.1 cm³/mol. The minimum absolute atomic E-state index is 0.133. The second kappa shape index (κ2) is 12.6. The van der Waals surface area contributed by atoms with Gasteiger partial charge in [-0.15, -0.1) is 0 Å². The molecule has 0 fully saturated rings. The summed E-state index contributed by atoms with van der Waals surface area (Å²) in [7, 11) is 1.31. The van der Waals surface area contributed by atoms with Crippen molar-refractivity contribution in [2.24, 2.45) is 0 Å². The molecule has 0 heterocycles. The number of nitrogens with one attached hydrogen (secondary N) is 1. The van der Waals surface area contributed by atoms with Gasteiger partial charge in [0.25, 0.3) is 0 Å². The van der Waals surface area contributed by atoms with Crippen LogP contribution >= 0.6 is 0 Å². The van der Waals surface area contributed by atoms with Crippen molar-refractivity contribution < 1.29 is 33.4 Å². The van der Waals surface area contributed by atoms with Gasteiger partial charge >= 0.3 is 17.9 Å². The molecular weight excluding hydrogens is 282 g/mol. The number of amides is 1. The fourth-order valence-electron chi connectivity index (χ4n) is 0.952. The quantitative estimate of drug-likeness (QED) is 0.317. The number of carbonyl (C=O) groups is 4. The van der Waals surface area contributed by atoms with E-state index in [1.54, 1.807) is 13.8 Å². The fraction of sp³-hybridized carbons (Fsp3) is 0.538. The van der Waals surface area contributed by atoms with Gasteiger partial charge in [0.1, 0.15) is 0 Å². The molecule has 1 N–H and O–H groups in total. The smallest absolute Gasteiger partial charge is 0.340 e. The summed E-state index contributed by atoms with van der Waals surface area (Å²) in [5.74, 6) is -2.52. The number of carbonyl (C=O) groups excluding carboxylic acids is 4. The third-order valence-electron chi connectivity index (χ3n) is 1.76. The molecule has 0 saturated heterocycles. The van der Waals surface area contributed by atoms with Gasteiger partial charge in [-0.25, -0.2) is 14.4 Å². The van der Waals surface area contributed by atoms with Crippen molar-refractivity contribution in [3.05, 3.63) is 12.7 Å². The van der Waals surface area contributed by atoms with Crippen LogP contribution in [0.1, 0.15) is 20.8 Å². The largest absolute Gasteiger partial charge is 0.466 e. The van der Waals surface area contributed by atoms with E-state index in [9.17, 15) is 19.2 Å². The summed E-state index contributed by atoms with van der Waals surface area (Å²) in [4.78, 5) is 43.1. The molecule has 0 aromatic rings. The summed E-state index contributed by atoms with van der Waals surface area (Å²) in [6, 6.07) is -1.37. The van der Waals surface area contributed by atoms with E-state index >= 15 is 0 Å². The molecule has 21 heavy (non-hydrogen) atoms. The van der Waals surface area contributed by atoms with Crippen LogP contribution in [-0.4, -0.2) is 50.2 Å². The van der Waals surface area contributed by atoms with Gasteiger partial charge in [0.15, 0.2) is 0 Å². The first kappa shape index (κ1) is 20.9. The number of hydrogen-bond donors (Lipinski definition) is 1. The molecule has 0 aromatic carbocycles. The molecule has 0 saturated carbocycles. The number of esters is 3. The molecule has 120 valence electrons. The maximum absolute atomic E-state index is 11.3. The Hall–Kier alpha value is -2.38. The lowest BCUT2D eigenvalue weighted by atomic mass is 10.3. The lowest BCUT2D eigenvalue weighted by molar-refractivity contribution is -0.159. The molecule has 0 bridgehead atoms. The molecule has 0 atom stereocenters. The van der Waals surface area contributed by atoms with Crippen LogP contribution in [0.15, 0.2) is 12.7 Å². The Bertz CT molecular complexity index is 361. The zero-order valence-corrected chi connectivity index (χ0v) is 12.6.